The van der Waals surface area contributed by atoms with Gasteiger partial charge >= 0.3 is 0 Å². The summed E-state index contributed by atoms with van der Waals surface area (Å²) in [4.78, 5) is 0. The molecule has 14 heavy (non-hydrogen) atoms. The van der Waals surface area contributed by atoms with E-state index in [1.54, 1.807) is 0 Å². The van der Waals surface area contributed by atoms with E-state index in [9.17, 15) is 8.78 Å². The van der Waals surface area contributed by atoms with Crippen molar-refractivity contribution in [3.63, 3.8) is 0 Å². The normalized spacial score (nSPS) is 25.9. The predicted molar refractivity (Wildman–Crippen MR) is 51.2 cm³/mol. The maximum Gasteiger partial charge on any atom is 0.129 e. The van der Waals surface area contributed by atoms with Crippen LogP contribution in [0.15, 0.2) is 18.2 Å². The van der Waals surface area contributed by atoms with Gasteiger partial charge in [-0.05, 0) is 37.9 Å². The first-order valence-corrected chi connectivity index (χ1v) is 4.83. The fourth-order valence-electron chi connectivity index (χ4n) is 1.99. The largest absolute Gasteiger partial charge is 0.317 e. The molecular formula is C11H13F2N. The minimum atomic E-state index is -0.412. The highest BCUT2D eigenvalue weighted by Gasteiger charge is 2.32. The first-order valence-electron chi connectivity index (χ1n) is 4.83. The van der Waals surface area contributed by atoms with Gasteiger partial charge in [-0.2, -0.15) is 0 Å². The van der Waals surface area contributed by atoms with Crippen molar-refractivity contribution in [2.45, 2.75) is 24.8 Å². The monoisotopic (exact) mass is 197 g/mol. The minimum Gasteiger partial charge on any atom is -0.317 e. The van der Waals surface area contributed by atoms with Crippen LogP contribution in [0.5, 0.6) is 0 Å². The predicted octanol–water partition coefficient (Wildman–Crippen LogP) is 2.43. The Labute approximate surface area is 82.1 Å². The van der Waals surface area contributed by atoms with E-state index in [-0.39, 0.29) is 11.5 Å². The molecule has 0 atom stereocenters. The third-order valence-corrected chi connectivity index (χ3v) is 2.95. The van der Waals surface area contributed by atoms with Crippen LogP contribution in [0.2, 0.25) is 0 Å². The lowest BCUT2D eigenvalue weighted by molar-refractivity contribution is 0.293. The lowest BCUT2D eigenvalue weighted by atomic mass is 9.75. The molecule has 76 valence electrons. The number of rotatable bonds is 2. The van der Waals surface area contributed by atoms with Crippen molar-refractivity contribution < 1.29 is 8.78 Å². The fraction of sp³-hybridized carbons (Fsp3) is 0.455. The molecule has 0 aromatic heterocycles. The fourth-order valence-corrected chi connectivity index (χ4v) is 1.99. The molecule has 3 heteroatoms. The van der Waals surface area contributed by atoms with Crippen molar-refractivity contribution in [3.8, 4) is 0 Å². The quantitative estimate of drug-likeness (QED) is 0.767. The van der Waals surface area contributed by atoms with Crippen LogP contribution in [0.3, 0.4) is 0 Å². The highest BCUT2D eigenvalue weighted by molar-refractivity contribution is 5.26. The van der Waals surface area contributed by atoms with Gasteiger partial charge in [-0.15, -0.1) is 0 Å². The molecule has 0 radical (unpaired) electrons. The maximum atomic E-state index is 13.3. The summed E-state index contributed by atoms with van der Waals surface area (Å²) in [5, 5.41) is 3.10. The molecule has 0 bridgehead atoms. The molecule has 1 aromatic carbocycles. The SMILES string of the molecule is CNC1CC(c2c(F)cccc2F)C1. The smallest absolute Gasteiger partial charge is 0.129 e. The van der Waals surface area contributed by atoms with Crippen LogP contribution in [0.4, 0.5) is 8.78 Å². The van der Waals surface area contributed by atoms with Gasteiger partial charge in [0.05, 0.1) is 0 Å². The van der Waals surface area contributed by atoms with Crippen LogP contribution < -0.4 is 5.32 Å². The van der Waals surface area contributed by atoms with Crippen LogP contribution in [0, 0.1) is 11.6 Å². The molecular weight excluding hydrogens is 184 g/mol. The number of hydrogen-bond acceptors (Lipinski definition) is 1. The van der Waals surface area contributed by atoms with Gasteiger partial charge in [-0.1, -0.05) is 6.07 Å². The van der Waals surface area contributed by atoms with E-state index in [0.29, 0.717) is 6.04 Å². The van der Waals surface area contributed by atoms with E-state index in [1.165, 1.54) is 18.2 Å². The topological polar surface area (TPSA) is 12.0 Å². The molecule has 1 aliphatic carbocycles. The van der Waals surface area contributed by atoms with Crippen molar-refractivity contribution in [1.82, 2.24) is 5.32 Å². The summed E-state index contributed by atoms with van der Waals surface area (Å²) >= 11 is 0. The van der Waals surface area contributed by atoms with Crippen molar-refractivity contribution in [2.75, 3.05) is 7.05 Å². The summed E-state index contributed by atoms with van der Waals surface area (Å²) in [6, 6.07) is 4.47. The van der Waals surface area contributed by atoms with Crippen LogP contribution in [-0.2, 0) is 0 Å². The molecule has 1 fully saturated rings. The van der Waals surface area contributed by atoms with E-state index in [1.807, 2.05) is 7.05 Å². The van der Waals surface area contributed by atoms with Crippen LogP contribution in [0.25, 0.3) is 0 Å². The van der Waals surface area contributed by atoms with Gasteiger partial charge < -0.3 is 5.32 Å². The van der Waals surface area contributed by atoms with Crippen molar-refractivity contribution in [2.24, 2.45) is 0 Å². The van der Waals surface area contributed by atoms with E-state index in [0.717, 1.165) is 12.8 Å². The number of halogens is 2. The first kappa shape index (κ1) is 9.59. The van der Waals surface area contributed by atoms with Crippen molar-refractivity contribution >= 4 is 0 Å². The molecule has 0 aliphatic heterocycles. The number of nitrogens with one attached hydrogen (secondary N) is 1. The Morgan fingerprint density at radius 1 is 1.21 bits per heavy atom. The highest BCUT2D eigenvalue weighted by atomic mass is 19.1. The standard InChI is InChI=1S/C11H13F2N/c1-14-8-5-7(6-8)11-9(12)3-2-4-10(11)13/h2-4,7-8,14H,5-6H2,1H3. The van der Waals surface area contributed by atoms with Gasteiger partial charge in [-0.3, -0.25) is 0 Å². The maximum absolute atomic E-state index is 13.3. The number of hydrogen-bond donors (Lipinski definition) is 1. The Kier molecular flexibility index (Phi) is 2.50. The molecule has 2 rings (SSSR count). The zero-order chi connectivity index (χ0) is 10.1. The summed E-state index contributed by atoms with van der Waals surface area (Å²) in [5.74, 6) is -0.775. The zero-order valence-electron chi connectivity index (χ0n) is 8.06. The second-order valence-corrected chi connectivity index (χ2v) is 3.79. The molecule has 0 spiro atoms. The van der Waals surface area contributed by atoms with Gasteiger partial charge in [0.25, 0.3) is 0 Å². The molecule has 0 saturated heterocycles. The highest BCUT2D eigenvalue weighted by Crippen LogP contribution is 2.38. The van der Waals surface area contributed by atoms with Crippen LogP contribution in [-0.4, -0.2) is 13.1 Å². The van der Waals surface area contributed by atoms with Gasteiger partial charge in [0.2, 0.25) is 0 Å². The van der Waals surface area contributed by atoms with Gasteiger partial charge in [0.15, 0.2) is 0 Å². The molecule has 0 unspecified atom stereocenters. The summed E-state index contributed by atoms with van der Waals surface area (Å²) in [5.41, 5.74) is 0.263. The second-order valence-electron chi connectivity index (χ2n) is 3.79. The van der Waals surface area contributed by atoms with Crippen LogP contribution >= 0.6 is 0 Å². The van der Waals surface area contributed by atoms with E-state index < -0.39 is 11.6 Å². The minimum absolute atomic E-state index is 0.0497. The molecule has 1 aliphatic rings. The number of benzene rings is 1. The summed E-state index contributed by atoms with van der Waals surface area (Å²) in [6.45, 7) is 0. The van der Waals surface area contributed by atoms with E-state index >= 15 is 0 Å². The summed E-state index contributed by atoms with van der Waals surface area (Å²) in [6.07, 6.45) is 1.66. The van der Waals surface area contributed by atoms with Crippen molar-refractivity contribution in [1.29, 1.82) is 0 Å². The third-order valence-electron chi connectivity index (χ3n) is 2.95. The first-order chi connectivity index (χ1) is 6.72. The second kappa shape index (κ2) is 3.65. The summed E-state index contributed by atoms with van der Waals surface area (Å²) in [7, 11) is 1.87. The lowest BCUT2D eigenvalue weighted by Gasteiger charge is -2.35. The molecule has 0 amide bonds. The van der Waals surface area contributed by atoms with Crippen LogP contribution in [0.1, 0.15) is 24.3 Å². The van der Waals surface area contributed by atoms with Crippen molar-refractivity contribution in [3.05, 3.63) is 35.4 Å². The molecule has 1 N–H and O–H groups in total. The average molecular weight is 197 g/mol. The molecule has 1 aromatic rings. The Morgan fingerprint density at radius 2 is 1.79 bits per heavy atom. The lowest BCUT2D eigenvalue weighted by Crippen LogP contribution is -2.38. The van der Waals surface area contributed by atoms with E-state index in [2.05, 4.69) is 5.32 Å². The third kappa shape index (κ3) is 1.52. The molecule has 1 saturated carbocycles. The molecule has 0 heterocycles. The molecule has 1 nitrogen and oxygen atoms in total. The average Bonchev–Trinajstić information content (AvgIpc) is 2.08. The van der Waals surface area contributed by atoms with Gasteiger partial charge in [-0.25, -0.2) is 8.78 Å². The Morgan fingerprint density at radius 3 is 2.29 bits per heavy atom. The van der Waals surface area contributed by atoms with E-state index in [4.69, 9.17) is 0 Å². The van der Waals surface area contributed by atoms with Gasteiger partial charge in [0, 0.05) is 11.6 Å². The van der Waals surface area contributed by atoms with Gasteiger partial charge in [0.1, 0.15) is 11.6 Å². The Hall–Kier alpha value is -0.960. The Balaban J connectivity index is 2.18. The zero-order valence-corrected chi connectivity index (χ0v) is 8.06. The summed E-state index contributed by atoms with van der Waals surface area (Å²) < 4.78 is 26.6. The Bertz CT molecular complexity index is 312.